The molecule has 1 aromatic carbocycles. The molecule has 0 fully saturated rings. The smallest absolute Gasteiger partial charge is 0.389 e. The van der Waals surface area contributed by atoms with Gasteiger partial charge in [-0.3, -0.25) is 10.1 Å². The molecule has 1 aromatic rings. The number of carboxylic acid groups (broad SMARTS) is 1. The summed E-state index contributed by atoms with van der Waals surface area (Å²) in [6.45, 7) is 5.61. The highest BCUT2D eigenvalue weighted by molar-refractivity contribution is 5.99. The fourth-order valence-corrected chi connectivity index (χ4v) is 4.65. The van der Waals surface area contributed by atoms with Gasteiger partial charge in [-0.2, -0.15) is 13.2 Å². The first-order valence-electron chi connectivity index (χ1n) is 12.3. The Morgan fingerprint density at radius 2 is 1.65 bits per heavy atom. The van der Waals surface area contributed by atoms with E-state index in [0.717, 1.165) is 0 Å². The minimum absolute atomic E-state index is 0.0567. The monoisotopic (exact) mass is 526 g/mol. The lowest BCUT2D eigenvalue weighted by atomic mass is 9.79. The highest BCUT2D eigenvalue weighted by atomic mass is 19.4. The normalized spacial score (nSPS) is 16.3. The van der Waals surface area contributed by atoms with Gasteiger partial charge in [0, 0.05) is 36.5 Å². The molecule has 0 spiro atoms. The lowest BCUT2D eigenvalue weighted by Gasteiger charge is -2.36. The fourth-order valence-electron chi connectivity index (χ4n) is 4.65. The van der Waals surface area contributed by atoms with Crippen LogP contribution < -0.4 is 0 Å². The average molecular weight is 527 g/mol. The summed E-state index contributed by atoms with van der Waals surface area (Å²) >= 11 is 0. The summed E-state index contributed by atoms with van der Waals surface area (Å²) in [6, 6.07) is 5.55. The Kier molecular flexibility index (Phi) is 10.7. The van der Waals surface area contributed by atoms with Crippen molar-refractivity contribution in [2.24, 2.45) is 0 Å². The quantitative estimate of drug-likeness (QED) is 0.135. The lowest BCUT2D eigenvalue weighted by Crippen LogP contribution is -2.34. The number of nitro benzene ring substituents is 1. The van der Waals surface area contributed by atoms with Crippen LogP contribution in [0.15, 0.2) is 46.8 Å². The molecule has 1 heterocycles. The van der Waals surface area contributed by atoms with E-state index in [4.69, 9.17) is 4.74 Å². The maximum Gasteiger partial charge on any atom is 0.389 e. The van der Waals surface area contributed by atoms with Gasteiger partial charge in [0.1, 0.15) is 0 Å². The number of carbonyl (C=O) groups is 2. The summed E-state index contributed by atoms with van der Waals surface area (Å²) in [5.74, 6) is -3.00. The van der Waals surface area contributed by atoms with Crippen molar-refractivity contribution >= 4 is 17.6 Å². The Balaban J connectivity index is 2.16. The van der Waals surface area contributed by atoms with Gasteiger partial charge in [0.15, 0.2) is 0 Å². The second-order valence-electron chi connectivity index (χ2n) is 8.96. The van der Waals surface area contributed by atoms with Gasteiger partial charge in [-0.15, -0.1) is 0 Å². The number of nitro groups is 1. The summed E-state index contributed by atoms with van der Waals surface area (Å²) in [5.41, 5.74) is 1.07. The number of rotatable bonds is 13. The molecule has 11 heteroatoms. The summed E-state index contributed by atoms with van der Waals surface area (Å²) in [7, 11) is 0. The zero-order chi connectivity index (χ0) is 27.8. The molecular formula is C26H33F3N2O6. The summed E-state index contributed by atoms with van der Waals surface area (Å²) in [4.78, 5) is 38.0. The second-order valence-corrected chi connectivity index (χ2v) is 8.96. The van der Waals surface area contributed by atoms with Crippen molar-refractivity contribution in [3.63, 3.8) is 0 Å². The summed E-state index contributed by atoms with van der Waals surface area (Å²) < 4.78 is 42.1. The highest BCUT2D eigenvalue weighted by Crippen LogP contribution is 2.43. The number of esters is 1. The Hall–Kier alpha value is -3.37. The number of alkyl halides is 3. The van der Waals surface area contributed by atoms with Crippen molar-refractivity contribution in [2.45, 2.75) is 77.8 Å². The molecule has 2 rings (SSSR count). The van der Waals surface area contributed by atoms with Gasteiger partial charge in [-0.05, 0) is 39.2 Å². The van der Waals surface area contributed by atoms with Crippen LogP contribution in [0.4, 0.5) is 18.9 Å². The Morgan fingerprint density at radius 3 is 2.22 bits per heavy atom. The van der Waals surface area contributed by atoms with E-state index in [-0.39, 0.29) is 29.9 Å². The number of carbonyl (C=O) groups excluding carboxylic acids is 1. The van der Waals surface area contributed by atoms with E-state index in [1.165, 1.54) is 18.2 Å². The third kappa shape index (κ3) is 8.06. The number of hydrogen-bond donors (Lipinski definition) is 1. The van der Waals surface area contributed by atoms with Crippen molar-refractivity contribution in [1.82, 2.24) is 4.90 Å². The Bertz CT molecular complexity index is 1060. The molecule has 1 N–H and O–H groups in total. The number of unbranched alkanes of at least 4 members (excludes halogenated alkanes) is 5. The van der Waals surface area contributed by atoms with E-state index in [1.54, 1.807) is 24.8 Å². The Labute approximate surface area is 213 Å². The Morgan fingerprint density at radius 1 is 1.05 bits per heavy atom. The summed E-state index contributed by atoms with van der Waals surface area (Å²) in [6.07, 6.45) is -1.80. The van der Waals surface area contributed by atoms with Crippen LogP contribution in [-0.2, 0) is 14.3 Å². The first-order chi connectivity index (χ1) is 17.4. The van der Waals surface area contributed by atoms with E-state index in [1.807, 2.05) is 6.92 Å². The van der Waals surface area contributed by atoms with Crippen LogP contribution in [0.2, 0.25) is 0 Å². The third-order valence-corrected chi connectivity index (χ3v) is 6.44. The first kappa shape index (κ1) is 29.9. The van der Waals surface area contributed by atoms with Crippen LogP contribution in [0.5, 0.6) is 0 Å². The number of benzene rings is 1. The number of allylic oxidation sites excluding steroid dienone is 2. The van der Waals surface area contributed by atoms with Crippen LogP contribution in [-0.4, -0.2) is 46.2 Å². The van der Waals surface area contributed by atoms with Gasteiger partial charge in [-0.1, -0.05) is 37.8 Å². The standard InChI is InChI=1S/C26H33F3N2O6/c1-4-30-17(2)21(24(32)33)23(19-12-11-13-20(16-19)31(35)36)22(18(30)3)25(34)37-15-10-8-6-5-7-9-14-26(27,28)29/h11-13,16,23H,4-10,14-15H2,1-3H3,(H,32,33). The van der Waals surface area contributed by atoms with Crippen LogP contribution >= 0.6 is 0 Å². The van der Waals surface area contributed by atoms with E-state index in [2.05, 4.69) is 0 Å². The third-order valence-electron chi connectivity index (χ3n) is 6.44. The van der Waals surface area contributed by atoms with Crippen molar-refractivity contribution < 1.29 is 37.5 Å². The largest absolute Gasteiger partial charge is 0.478 e. The fraction of sp³-hybridized carbons (Fsp3) is 0.538. The number of carboxylic acids is 1. The van der Waals surface area contributed by atoms with Gasteiger partial charge in [0.2, 0.25) is 0 Å². The van der Waals surface area contributed by atoms with Crippen molar-refractivity contribution in [2.75, 3.05) is 13.2 Å². The number of halogens is 3. The maximum atomic E-state index is 13.3. The molecule has 204 valence electrons. The number of ether oxygens (including phenoxy) is 1. The minimum atomic E-state index is -4.13. The molecule has 0 radical (unpaired) electrons. The molecule has 0 saturated heterocycles. The molecule has 0 aromatic heterocycles. The van der Waals surface area contributed by atoms with Gasteiger partial charge in [-0.25, -0.2) is 9.59 Å². The van der Waals surface area contributed by atoms with E-state index >= 15 is 0 Å². The van der Waals surface area contributed by atoms with E-state index in [0.29, 0.717) is 55.6 Å². The molecule has 0 bridgehead atoms. The van der Waals surface area contributed by atoms with E-state index < -0.39 is 35.4 Å². The first-order valence-corrected chi connectivity index (χ1v) is 12.3. The molecule has 0 amide bonds. The number of nitrogens with zero attached hydrogens (tertiary/aromatic N) is 2. The maximum absolute atomic E-state index is 13.3. The molecule has 1 aliphatic rings. The molecule has 8 nitrogen and oxygen atoms in total. The lowest BCUT2D eigenvalue weighted by molar-refractivity contribution is -0.384. The molecule has 0 aliphatic carbocycles. The zero-order valence-corrected chi connectivity index (χ0v) is 21.3. The van der Waals surface area contributed by atoms with Crippen LogP contribution in [0.3, 0.4) is 0 Å². The number of aliphatic carboxylic acids is 1. The molecule has 0 saturated carbocycles. The molecule has 1 atom stereocenters. The van der Waals surface area contributed by atoms with Crippen LogP contribution in [0.1, 0.15) is 77.2 Å². The molecule has 1 aliphatic heterocycles. The molecule has 1 unspecified atom stereocenters. The zero-order valence-electron chi connectivity index (χ0n) is 21.3. The predicted molar refractivity (Wildman–Crippen MR) is 131 cm³/mol. The second kappa shape index (κ2) is 13.3. The van der Waals surface area contributed by atoms with Gasteiger partial charge in [0.25, 0.3) is 5.69 Å². The number of non-ortho nitro benzene ring substituents is 1. The van der Waals surface area contributed by atoms with Crippen molar-refractivity contribution in [3.05, 3.63) is 62.5 Å². The molecular weight excluding hydrogens is 493 g/mol. The minimum Gasteiger partial charge on any atom is -0.478 e. The van der Waals surface area contributed by atoms with Gasteiger partial charge >= 0.3 is 18.1 Å². The van der Waals surface area contributed by atoms with Crippen LogP contribution in [0.25, 0.3) is 0 Å². The SMILES string of the molecule is CCN1C(C)=C(C(=O)O)C(c2cccc([N+](=O)[O-])c2)C(C(=O)OCCCCCCCCC(F)(F)F)=C1C. The summed E-state index contributed by atoms with van der Waals surface area (Å²) in [5, 5.41) is 21.4. The van der Waals surface area contributed by atoms with Crippen molar-refractivity contribution in [3.8, 4) is 0 Å². The van der Waals surface area contributed by atoms with Gasteiger partial charge in [0.05, 0.1) is 28.6 Å². The van der Waals surface area contributed by atoms with Crippen LogP contribution in [0, 0.1) is 10.1 Å². The van der Waals surface area contributed by atoms with Crippen molar-refractivity contribution in [1.29, 1.82) is 0 Å². The van der Waals surface area contributed by atoms with E-state index in [9.17, 15) is 38.0 Å². The van der Waals surface area contributed by atoms with Gasteiger partial charge < -0.3 is 14.7 Å². The highest BCUT2D eigenvalue weighted by Gasteiger charge is 2.40. The predicted octanol–water partition coefficient (Wildman–Crippen LogP) is 6.48. The number of hydrogen-bond acceptors (Lipinski definition) is 6. The molecule has 37 heavy (non-hydrogen) atoms. The average Bonchev–Trinajstić information content (AvgIpc) is 2.81. The topological polar surface area (TPSA) is 110 Å².